The van der Waals surface area contributed by atoms with E-state index >= 15 is 0 Å². The van der Waals surface area contributed by atoms with Gasteiger partial charge in [-0.25, -0.2) is 14.6 Å². The van der Waals surface area contributed by atoms with Crippen molar-refractivity contribution in [3.05, 3.63) is 82.0 Å². The third-order valence-electron chi connectivity index (χ3n) is 4.63. The molecule has 4 aromatic rings. The van der Waals surface area contributed by atoms with E-state index in [1.54, 1.807) is 48.5 Å². The molecule has 0 saturated heterocycles. The van der Waals surface area contributed by atoms with Crippen LogP contribution in [0.4, 0.5) is 22.1 Å². The van der Waals surface area contributed by atoms with E-state index in [9.17, 15) is 9.59 Å². The van der Waals surface area contributed by atoms with Crippen LogP contribution in [0.15, 0.2) is 60.8 Å². The van der Waals surface area contributed by atoms with Crippen LogP contribution in [-0.4, -0.2) is 33.7 Å². The van der Waals surface area contributed by atoms with Crippen molar-refractivity contribution in [3.8, 4) is 0 Å². The third-order valence-corrected chi connectivity index (χ3v) is 5.36. The van der Waals surface area contributed by atoms with Crippen LogP contribution in [0.3, 0.4) is 0 Å². The van der Waals surface area contributed by atoms with E-state index in [0.29, 0.717) is 45.1 Å². The van der Waals surface area contributed by atoms with Gasteiger partial charge in [-0.1, -0.05) is 29.3 Å². The summed E-state index contributed by atoms with van der Waals surface area (Å²) in [6.07, 6.45) is 1.50. The van der Waals surface area contributed by atoms with Crippen molar-refractivity contribution in [1.82, 2.24) is 14.6 Å². The Morgan fingerprint density at radius 1 is 1.00 bits per heavy atom. The summed E-state index contributed by atoms with van der Waals surface area (Å²) in [4.78, 5) is 28.2. The Labute approximate surface area is 198 Å². The fourth-order valence-electron chi connectivity index (χ4n) is 2.98. The maximum Gasteiger partial charge on any atom is 0.337 e. The lowest BCUT2D eigenvalue weighted by molar-refractivity contribution is 0.0600. The maximum absolute atomic E-state index is 12.4. The summed E-state index contributed by atoms with van der Waals surface area (Å²) in [5.74, 6) is 0.506. The number of amides is 2. The normalized spacial score (nSPS) is 10.6. The predicted octanol–water partition coefficient (Wildman–Crippen LogP) is 5.08. The van der Waals surface area contributed by atoms with Gasteiger partial charge in [0.1, 0.15) is 5.82 Å². The molecule has 0 radical (unpaired) electrons. The largest absolute Gasteiger partial charge is 0.465 e. The number of urea groups is 1. The molecule has 0 fully saturated rings. The van der Waals surface area contributed by atoms with Gasteiger partial charge >= 0.3 is 12.0 Å². The van der Waals surface area contributed by atoms with Crippen molar-refractivity contribution in [2.24, 2.45) is 0 Å². The molecule has 0 aliphatic carbocycles. The molecule has 2 amide bonds. The molecular formula is C22H18Cl2N6O3. The number of hydrogen-bond donors (Lipinski definition) is 3. The summed E-state index contributed by atoms with van der Waals surface area (Å²) in [7, 11) is 1.31. The topological polar surface area (TPSA) is 110 Å². The van der Waals surface area contributed by atoms with Crippen LogP contribution in [0.25, 0.3) is 5.65 Å². The average Bonchev–Trinajstić information content (AvgIpc) is 3.21. The Morgan fingerprint density at radius 2 is 1.79 bits per heavy atom. The van der Waals surface area contributed by atoms with Crippen LogP contribution in [0.2, 0.25) is 10.0 Å². The Kier molecular flexibility index (Phi) is 6.62. The number of nitrogens with one attached hydrogen (secondary N) is 3. The molecule has 9 nitrogen and oxygen atoms in total. The molecule has 0 spiro atoms. The molecule has 2 heterocycles. The predicted molar refractivity (Wildman–Crippen MR) is 127 cm³/mol. The molecule has 0 unspecified atom stereocenters. The zero-order valence-corrected chi connectivity index (χ0v) is 18.8. The van der Waals surface area contributed by atoms with E-state index < -0.39 is 12.0 Å². The smallest absolute Gasteiger partial charge is 0.337 e. The molecule has 4 rings (SSSR count). The van der Waals surface area contributed by atoms with Gasteiger partial charge in [0.05, 0.1) is 28.9 Å². The second kappa shape index (κ2) is 9.76. The minimum absolute atomic E-state index is 0.381. The van der Waals surface area contributed by atoms with Crippen molar-refractivity contribution in [3.63, 3.8) is 0 Å². The molecule has 0 aliphatic heterocycles. The minimum atomic E-state index is -0.487. The molecule has 33 heavy (non-hydrogen) atoms. The summed E-state index contributed by atoms with van der Waals surface area (Å²) in [5.41, 5.74) is 2.39. The van der Waals surface area contributed by atoms with Gasteiger partial charge in [0.15, 0.2) is 11.5 Å². The second-order valence-electron chi connectivity index (χ2n) is 6.88. The maximum atomic E-state index is 12.4. The van der Waals surface area contributed by atoms with Gasteiger partial charge in [-0.2, -0.15) is 4.52 Å². The van der Waals surface area contributed by atoms with Crippen molar-refractivity contribution in [2.45, 2.75) is 6.54 Å². The fourth-order valence-corrected chi connectivity index (χ4v) is 3.30. The number of benzene rings is 2. The monoisotopic (exact) mass is 484 g/mol. The van der Waals surface area contributed by atoms with Crippen LogP contribution >= 0.6 is 23.2 Å². The first-order valence-electron chi connectivity index (χ1n) is 9.72. The van der Waals surface area contributed by atoms with Gasteiger partial charge in [-0.15, -0.1) is 5.10 Å². The molecule has 3 N–H and O–H groups in total. The van der Waals surface area contributed by atoms with Gasteiger partial charge in [0.25, 0.3) is 0 Å². The van der Waals surface area contributed by atoms with Crippen LogP contribution in [0.5, 0.6) is 0 Å². The molecule has 0 bridgehead atoms. The van der Waals surface area contributed by atoms with Crippen LogP contribution in [-0.2, 0) is 11.3 Å². The summed E-state index contributed by atoms with van der Waals surface area (Å²) < 4.78 is 6.17. The van der Waals surface area contributed by atoms with Gasteiger partial charge in [-0.05, 0) is 54.1 Å². The lowest BCUT2D eigenvalue weighted by Gasteiger charge is -2.09. The molecule has 168 valence electrons. The Bertz CT molecular complexity index is 1320. The number of imidazole rings is 1. The number of carbonyl (C=O) groups is 2. The Balaban J connectivity index is 1.42. The first-order valence-corrected chi connectivity index (χ1v) is 10.5. The van der Waals surface area contributed by atoms with E-state index in [2.05, 4.69) is 30.8 Å². The fraction of sp³-hybridized carbons (Fsp3) is 0.0909. The number of carbonyl (C=O) groups excluding carboxylic acids is 2. The SMILES string of the molecule is COC(=O)c1ccc(NC(=O)Nc2cnc3ccc(NCc4ccc(Cl)c(Cl)c4)nn23)cc1. The molecule has 2 aromatic carbocycles. The second-order valence-corrected chi connectivity index (χ2v) is 7.70. The lowest BCUT2D eigenvalue weighted by atomic mass is 10.2. The van der Waals surface area contributed by atoms with Gasteiger partial charge in [0, 0.05) is 12.2 Å². The van der Waals surface area contributed by atoms with Gasteiger partial charge in [0.2, 0.25) is 0 Å². The quantitative estimate of drug-likeness (QED) is 0.329. The van der Waals surface area contributed by atoms with E-state index in [0.717, 1.165) is 5.56 Å². The van der Waals surface area contributed by atoms with Gasteiger partial charge in [-0.3, -0.25) is 5.32 Å². The van der Waals surface area contributed by atoms with E-state index in [-0.39, 0.29) is 0 Å². The van der Waals surface area contributed by atoms with E-state index in [1.807, 2.05) is 6.07 Å². The van der Waals surface area contributed by atoms with Crippen molar-refractivity contribution < 1.29 is 14.3 Å². The first kappa shape index (κ1) is 22.4. The molecule has 0 atom stereocenters. The standard InChI is InChI=1S/C22H18Cl2N6O3/c1-33-21(31)14-3-5-15(6-4-14)27-22(32)28-20-12-26-19-9-8-18(29-30(19)20)25-11-13-2-7-16(23)17(24)10-13/h2-10,12H,11H2,1H3,(H,25,29)(H2,27,28,32). The highest BCUT2D eigenvalue weighted by Gasteiger charge is 2.11. The number of rotatable bonds is 6. The van der Waals surface area contributed by atoms with E-state index in [4.69, 9.17) is 23.2 Å². The highest BCUT2D eigenvalue weighted by Crippen LogP contribution is 2.23. The Hall–Kier alpha value is -3.82. The number of hydrogen-bond acceptors (Lipinski definition) is 6. The summed E-state index contributed by atoms with van der Waals surface area (Å²) in [6, 6.07) is 14.8. The number of fused-ring (bicyclic) bond motifs is 1. The molecule has 11 heteroatoms. The number of halogens is 2. The van der Waals surface area contributed by atoms with Gasteiger partial charge < -0.3 is 15.4 Å². The zero-order valence-electron chi connectivity index (χ0n) is 17.3. The number of ether oxygens (including phenoxy) is 1. The van der Waals surface area contributed by atoms with E-state index in [1.165, 1.54) is 17.8 Å². The molecule has 2 aromatic heterocycles. The highest BCUT2D eigenvalue weighted by molar-refractivity contribution is 6.42. The summed E-state index contributed by atoms with van der Waals surface area (Å²) >= 11 is 12.0. The number of esters is 1. The average molecular weight is 485 g/mol. The number of aromatic nitrogens is 3. The van der Waals surface area contributed by atoms with Crippen LogP contribution < -0.4 is 16.0 Å². The molecule has 0 aliphatic rings. The van der Waals surface area contributed by atoms with Crippen molar-refractivity contribution >= 4 is 58.2 Å². The summed E-state index contributed by atoms with van der Waals surface area (Å²) in [6.45, 7) is 0.481. The Morgan fingerprint density at radius 3 is 2.52 bits per heavy atom. The molecular weight excluding hydrogens is 467 g/mol. The number of anilines is 3. The molecule has 0 saturated carbocycles. The first-order chi connectivity index (χ1) is 15.9. The minimum Gasteiger partial charge on any atom is -0.465 e. The third kappa shape index (κ3) is 5.33. The van der Waals surface area contributed by atoms with Crippen molar-refractivity contribution in [2.75, 3.05) is 23.1 Å². The lowest BCUT2D eigenvalue weighted by Crippen LogP contribution is -2.20. The van der Waals surface area contributed by atoms with Crippen LogP contribution in [0, 0.1) is 0 Å². The number of nitrogens with zero attached hydrogens (tertiary/aromatic N) is 3. The summed E-state index contributed by atoms with van der Waals surface area (Å²) in [5, 5.41) is 14.1. The zero-order chi connectivity index (χ0) is 23.4. The van der Waals surface area contributed by atoms with Crippen LogP contribution in [0.1, 0.15) is 15.9 Å². The van der Waals surface area contributed by atoms with Crippen molar-refractivity contribution in [1.29, 1.82) is 0 Å². The highest BCUT2D eigenvalue weighted by atomic mass is 35.5. The number of methoxy groups -OCH3 is 1.